The first-order valence-corrected chi connectivity index (χ1v) is 11.7. The quantitative estimate of drug-likeness (QED) is 0.461. The summed E-state index contributed by atoms with van der Waals surface area (Å²) in [6.07, 6.45) is 3.75. The summed E-state index contributed by atoms with van der Waals surface area (Å²) in [7, 11) is 3.07. The van der Waals surface area contributed by atoms with Gasteiger partial charge < -0.3 is 29.4 Å². The van der Waals surface area contributed by atoms with Crippen LogP contribution in [0, 0.1) is 0 Å². The van der Waals surface area contributed by atoms with Gasteiger partial charge in [-0.25, -0.2) is 4.79 Å². The van der Waals surface area contributed by atoms with Gasteiger partial charge in [-0.05, 0) is 48.8 Å². The van der Waals surface area contributed by atoms with Crippen molar-refractivity contribution in [2.24, 2.45) is 0 Å². The lowest BCUT2D eigenvalue weighted by Crippen LogP contribution is -2.43. The third kappa shape index (κ3) is 6.02. The van der Waals surface area contributed by atoms with Crippen LogP contribution < -0.4 is 24.3 Å². The maximum absolute atomic E-state index is 12.8. The molecule has 1 amide bonds. The summed E-state index contributed by atoms with van der Waals surface area (Å²) in [4.78, 5) is 36.1. The van der Waals surface area contributed by atoms with Gasteiger partial charge in [0.1, 0.15) is 29.0 Å². The molecule has 0 aliphatic carbocycles. The molecule has 0 spiro atoms. The maximum atomic E-state index is 12.8. The molecule has 0 bridgehead atoms. The summed E-state index contributed by atoms with van der Waals surface area (Å²) in [5.74, 6) is 0.509. The first-order valence-electron chi connectivity index (χ1n) is 10.3. The number of hydrogen-bond donors (Lipinski definition) is 2. The number of carbonyl (C=O) groups is 3. The number of Topliss-reactive ketones (excluding diaryl/α,β-unsaturated/α-hetero) is 1. The SMILES string of the molecule is COc1ccc(C=C2Oc3cc(OCC(=O)NC(CCSC)C(=O)O)ccc3C2=O)c(OC)c1. The highest BCUT2D eigenvalue weighted by atomic mass is 32.2. The number of allylic oxidation sites excluding steroid dienone is 1. The zero-order chi connectivity index (χ0) is 24.7. The average molecular weight is 488 g/mol. The van der Waals surface area contributed by atoms with Crippen molar-refractivity contribution >= 4 is 35.5 Å². The van der Waals surface area contributed by atoms with Gasteiger partial charge in [0, 0.05) is 17.7 Å². The summed E-state index contributed by atoms with van der Waals surface area (Å²) in [5.41, 5.74) is 1.00. The first kappa shape index (κ1) is 25.0. The predicted octanol–water partition coefficient (Wildman–Crippen LogP) is 3.02. The molecule has 34 heavy (non-hydrogen) atoms. The number of carboxylic acids is 1. The van der Waals surface area contributed by atoms with E-state index in [-0.39, 0.29) is 18.1 Å². The van der Waals surface area contributed by atoms with Crippen LogP contribution in [0.15, 0.2) is 42.2 Å². The number of amides is 1. The molecule has 1 aliphatic heterocycles. The fraction of sp³-hybridized carbons (Fsp3) is 0.292. The molecule has 1 aliphatic rings. The van der Waals surface area contributed by atoms with Gasteiger partial charge in [-0.3, -0.25) is 9.59 Å². The Morgan fingerprint density at radius 1 is 1.15 bits per heavy atom. The van der Waals surface area contributed by atoms with Gasteiger partial charge in [0.05, 0.1) is 19.8 Å². The van der Waals surface area contributed by atoms with Gasteiger partial charge in [0.25, 0.3) is 5.91 Å². The molecule has 0 radical (unpaired) electrons. The molecule has 0 saturated carbocycles. The molecular formula is C24H25NO8S. The number of benzene rings is 2. The van der Waals surface area contributed by atoms with Crippen molar-refractivity contribution in [1.29, 1.82) is 0 Å². The molecule has 0 aromatic heterocycles. The fourth-order valence-corrected chi connectivity index (χ4v) is 3.69. The molecule has 2 aromatic rings. The van der Waals surface area contributed by atoms with Gasteiger partial charge in [0.2, 0.25) is 5.78 Å². The Balaban J connectivity index is 1.67. The number of ether oxygens (including phenoxy) is 4. The van der Waals surface area contributed by atoms with Crippen molar-refractivity contribution in [3.63, 3.8) is 0 Å². The minimum atomic E-state index is -1.10. The normalized spacial score (nSPS) is 14.2. The smallest absolute Gasteiger partial charge is 0.326 e. The van der Waals surface area contributed by atoms with E-state index in [0.717, 1.165) is 0 Å². The Morgan fingerprint density at radius 3 is 2.59 bits per heavy atom. The average Bonchev–Trinajstić information content (AvgIpc) is 3.14. The van der Waals surface area contributed by atoms with Crippen LogP contribution in [0.3, 0.4) is 0 Å². The van der Waals surface area contributed by atoms with E-state index in [1.54, 1.807) is 43.5 Å². The largest absolute Gasteiger partial charge is 0.497 e. The molecule has 1 heterocycles. The predicted molar refractivity (Wildman–Crippen MR) is 127 cm³/mol. The molecule has 10 heteroatoms. The standard InChI is InChI=1S/C24H25NO8S/c1-30-15-5-4-14(19(11-15)31-2)10-21-23(27)17-7-6-16(12-20(17)33-21)32-13-22(26)25-18(24(28)29)8-9-34-3/h4-7,10-12,18H,8-9,13H2,1-3H3,(H,25,26)(H,28,29). The van der Waals surface area contributed by atoms with Crippen molar-refractivity contribution in [2.75, 3.05) is 32.8 Å². The summed E-state index contributed by atoms with van der Waals surface area (Å²) in [6.45, 7) is -0.373. The minimum absolute atomic E-state index is 0.117. The van der Waals surface area contributed by atoms with Crippen molar-refractivity contribution < 1.29 is 38.4 Å². The number of methoxy groups -OCH3 is 2. The summed E-state index contributed by atoms with van der Waals surface area (Å²) >= 11 is 1.50. The van der Waals surface area contributed by atoms with E-state index in [4.69, 9.17) is 18.9 Å². The molecule has 3 rings (SSSR count). The Morgan fingerprint density at radius 2 is 1.91 bits per heavy atom. The summed E-state index contributed by atoms with van der Waals surface area (Å²) in [5, 5.41) is 11.7. The molecule has 9 nitrogen and oxygen atoms in total. The van der Waals surface area contributed by atoms with E-state index in [1.165, 1.54) is 24.9 Å². The van der Waals surface area contributed by atoms with Gasteiger partial charge in [-0.2, -0.15) is 11.8 Å². The molecule has 2 N–H and O–H groups in total. The van der Waals surface area contributed by atoms with Crippen LogP contribution in [0.1, 0.15) is 22.3 Å². The van der Waals surface area contributed by atoms with E-state index in [2.05, 4.69) is 5.32 Å². The van der Waals surface area contributed by atoms with E-state index in [9.17, 15) is 19.5 Å². The molecule has 0 fully saturated rings. The Hall–Kier alpha value is -3.66. The van der Waals surface area contributed by atoms with Crippen LogP contribution in [0.25, 0.3) is 6.08 Å². The lowest BCUT2D eigenvalue weighted by Gasteiger charge is -2.14. The van der Waals surface area contributed by atoms with Crippen molar-refractivity contribution in [3.8, 4) is 23.0 Å². The van der Waals surface area contributed by atoms with Gasteiger partial charge >= 0.3 is 5.97 Å². The lowest BCUT2D eigenvalue weighted by atomic mass is 10.1. The highest BCUT2D eigenvalue weighted by Gasteiger charge is 2.28. The third-order valence-corrected chi connectivity index (χ3v) is 5.63. The van der Waals surface area contributed by atoms with Crippen molar-refractivity contribution in [3.05, 3.63) is 53.3 Å². The molecule has 1 atom stereocenters. The molecule has 1 unspecified atom stereocenters. The van der Waals surface area contributed by atoms with E-state index in [0.29, 0.717) is 46.3 Å². The topological polar surface area (TPSA) is 120 Å². The Kier molecular flexibility index (Phi) is 8.42. The number of hydrogen-bond acceptors (Lipinski definition) is 8. The van der Waals surface area contributed by atoms with Gasteiger partial charge in [-0.1, -0.05) is 0 Å². The first-order chi connectivity index (χ1) is 16.4. The number of fused-ring (bicyclic) bond motifs is 1. The van der Waals surface area contributed by atoms with Crippen LogP contribution in [-0.2, 0) is 9.59 Å². The Bertz CT molecular complexity index is 1110. The number of nitrogens with one attached hydrogen (secondary N) is 1. The second-order valence-electron chi connectivity index (χ2n) is 7.23. The zero-order valence-electron chi connectivity index (χ0n) is 19.0. The highest BCUT2D eigenvalue weighted by Crippen LogP contribution is 2.36. The number of carboxylic acid groups (broad SMARTS) is 1. The van der Waals surface area contributed by atoms with Crippen LogP contribution >= 0.6 is 11.8 Å². The lowest BCUT2D eigenvalue weighted by molar-refractivity contribution is -0.142. The zero-order valence-corrected chi connectivity index (χ0v) is 19.8. The molecular weight excluding hydrogens is 462 g/mol. The monoisotopic (exact) mass is 487 g/mol. The molecule has 180 valence electrons. The molecule has 0 saturated heterocycles. The summed E-state index contributed by atoms with van der Waals surface area (Å²) in [6, 6.07) is 8.82. The maximum Gasteiger partial charge on any atom is 0.326 e. The van der Waals surface area contributed by atoms with Crippen molar-refractivity contribution in [1.82, 2.24) is 5.32 Å². The third-order valence-electron chi connectivity index (χ3n) is 4.98. The second kappa shape index (κ2) is 11.5. The Labute approximate surface area is 201 Å². The number of rotatable bonds is 11. The number of aliphatic carboxylic acids is 1. The van der Waals surface area contributed by atoms with E-state index >= 15 is 0 Å². The van der Waals surface area contributed by atoms with Crippen LogP contribution in [-0.4, -0.2) is 61.6 Å². The second-order valence-corrected chi connectivity index (χ2v) is 8.22. The number of thioether (sulfide) groups is 1. The van der Waals surface area contributed by atoms with Crippen LogP contribution in [0.5, 0.6) is 23.0 Å². The van der Waals surface area contributed by atoms with E-state index in [1.807, 2.05) is 6.26 Å². The fourth-order valence-electron chi connectivity index (χ4n) is 3.21. The number of ketones is 1. The number of carbonyl (C=O) groups excluding carboxylic acids is 2. The van der Waals surface area contributed by atoms with Gasteiger partial charge in [-0.15, -0.1) is 0 Å². The van der Waals surface area contributed by atoms with Gasteiger partial charge in [0.15, 0.2) is 12.4 Å². The van der Waals surface area contributed by atoms with Crippen molar-refractivity contribution in [2.45, 2.75) is 12.5 Å². The van der Waals surface area contributed by atoms with Crippen LogP contribution in [0.2, 0.25) is 0 Å². The van der Waals surface area contributed by atoms with E-state index < -0.39 is 17.9 Å². The highest BCUT2D eigenvalue weighted by molar-refractivity contribution is 7.98. The summed E-state index contributed by atoms with van der Waals surface area (Å²) < 4.78 is 21.8. The minimum Gasteiger partial charge on any atom is -0.497 e. The van der Waals surface area contributed by atoms with Crippen LogP contribution in [0.4, 0.5) is 0 Å². The molecule has 2 aromatic carbocycles.